The van der Waals surface area contributed by atoms with E-state index < -0.39 is 5.97 Å². The molecule has 0 fully saturated rings. The Morgan fingerprint density at radius 2 is 2.21 bits per heavy atom. The number of methoxy groups -OCH3 is 1. The first-order valence-corrected chi connectivity index (χ1v) is 7.18. The van der Waals surface area contributed by atoms with Gasteiger partial charge in [-0.1, -0.05) is 38.9 Å². The van der Waals surface area contributed by atoms with E-state index in [1.54, 1.807) is 0 Å². The highest BCUT2D eigenvalue weighted by molar-refractivity contribution is 9.10. The van der Waals surface area contributed by atoms with Crippen molar-refractivity contribution in [3.63, 3.8) is 0 Å². The van der Waals surface area contributed by atoms with Gasteiger partial charge in [0.1, 0.15) is 5.75 Å². The minimum absolute atomic E-state index is 0.0848. The van der Waals surface area contributed by atoms with Gasteiger partial charge in [-0.2, -0.15) is 4.98 Å². The number of carbonyl (C=O) groups is 1. The topological polar surface area (TPSA) is 48.4 Å². The molecule has 0 aliphatic rings. The predicted octanol–water partition coefficient (Wildman–Crippen LogP) is 4.45. The summed E-state index contributed by atoms with van der Waals surface area (Å²) in [5.41, 5.74) is 0.945. The maximum atomic E-state index is 11.4. The number of thiazole rings is 1. The van der Waals surface area contributed by atoms with Crippen LogP contribution in [0.4, 0.5) is 0 Å². The Bertz CT molecular complexity index is 629. The van der Waals surface area contributed by atoms with Crippen LogP contribution in [-0.4, -0.2) is 18.1 Å². The molecule has 0 saturated carbocycles. The summed E-state index contributed by atoms with van der Waals surface area (Å²) in [5, 5.41) is 0.387. The van der Waals surface area contributed by atoms with Crippen LogP contribution < -0.4 is 4.74 Å². The van der Waals surface area contributed by atoms with Crippen LogP contribution in [0.2, 0.25) is 5.15 Å². The maximum Gasteiger partial charge on any atom is 0.351 e. The van der Waals surface area contributed by atoms with Gasteiger partial charge in [-0.3, -0.25) is 0 Å². The fourth-order valence-electron chi connectivity index (χ4n) is 1.37. The molecular weight excluding hydrogens is 354 g/mol. The SMILES string of the molecule is COC(=O)c1sc(Oc2ccc(Br)cc2C)nc1Cl. The number of hydrogen-bond acceptors (Lipinski definition) is 5. The highest BCUT2D eigenvalue weighted by Crippen LogP contribution is 2.34. The zero-order valence-corrected chi connectivity index (χ0v) is 13.2. The minimum atomic E-state index is -0.523. The Labute approximate surface area is 127 Å². The van der Waals surface area contributed by atoms with Gasteiger partial charge >= 0.3 is 5.97 Å². The molecule has 0 unspecified atom stereocenters. The molecule has 0 amide bonds. The van der Waals surface area contributed by atoms with E-state index in [0.717, 1.165) is 21.4 Å². The first kappa shape index (κ1) is 14.3. The van der Waals surface area contributed by atoms with Crippen LogP contribution in [0.15, 0.2) is 22.7 Å². The first-order chi connectivity index (χ1) is 9.01. The molecule has 0 N–H and O–H groups in total. The van der Waals surface area contributed by atoms with Gasteiger partial charge in [0.15, 0.2) is 10.0 Å². The Balaban J connectivity index is 2.26. The Kier molecular flexibility index (Phi) is 4.44. The molecule has 1 aromatic heterocycles. The van der Waals surface area contributed by atoms with E-state index in [1.807, 2.05) is 25.1 Å². The van der Waals surface area contributed by atoms with E-state index in [-0.39, 0.29) is 10.0 Å². The number of aryl methyl sites for hydroxylation is 1. The molecular formula is C12H9BrClNO3S. The van der Waals surface area contributed by atoms with Crippen LogP contribution in [0, 0.1) is 6.92 Å². The third-order valence-corrected chi connectivity index (χ3v) is 4.06. The van der Waals surface area contributed by atoms with Gasteiger partial charge in [0.2, 0.25) is 0 Å². The molecule has 19 heavy (non-hydrogen) atoms. The molecule has 0 aliphatic heterocycles. The average molecular weight is 363 g/mol. The number of aromatic nitrogens is 1. The zero-order valence-electron chi connectivity index (χ0n) is 10.1. The van der Waals surface area contributed by atoms with Gasteiger partial charge in [0.05, 0.1) is 7.11 Å². The number of nitrogens with zero attached hydrogens (tertiary/aromatic N) is 1. The normalized spacial score (nSPS) is 10.3. The summed E-state index contributed by atoms with van der Waals surface area (Å²) >= 11 is 10.3. The van der Waals surface area contributed by atoms with Crippen molar-refractivity contribution in [3.8, 4) is 10.9 Å². The van der Waals surface area contributed by atoms with Crippen LogP contribution in [0.1, 0.15) is 15.2 Å². The molecule has 2 aromatic rings. The third kappa shape index (κ3) is 3.26. The molecule has 100 valence electrons. The lowest BCUT2D eigenvalue weighted by Gasteiger charge is -2.05. The quantitative estimate of drug-likeness (QED) is 0.757. The summed E-state index contributed by atoms with van der Waals surface area (Å²) in [5.74, 6) is 0.134. The Hall–Kier alpha value is -1.11. The molecule has 2 rings (SSSR count). The van der Waals surface area contributed by atoms with Crippen molar-refractivity contribution in [2.45, 2.75) is 6.92 Å². The van der Waals surface area contributed by atoms with E-state index in [4.69, 9.17) is 16.3 Å². The molecule has 1 aromatic carbocycles. The van der Waals surface area contributed by atoms with Crippen molar-refractivity contribution >= 4 is 44.8 Å². The number of esters is 1. The number of halogens is 2. The van der Waals surface area contributed by atoms with Crippen molar-refractivity contribution in [1.29, 1.82) is 0 Å². The lowest BCUT2D eigenvalue weighted by atomic mass is 10.2. The van der Waals surface area contributed by atoms with Crippen LogP contribution in [0.5, 0.6) is 10.9 Å². The third-order valence-electron chi connectivity index (χ3n) is 2.27. The van der Waals surface area contributed by atoms with Gasteiger partial charge in [-0.25, -0.2) is 4.79 Å². The fraction of sp³-hybridized carbons (Fsp3) is 0.167. The first-order valence-electron chi connectivity index (χ1n) is 5.20. The molecule has 7 heteroatoms. The summed E-state index contributed by atoms with van der Waals surface area (Å²) in [6, 6.07) is 5.59. The second-order valence-electron chi connectivity index (χ2n) is 3.60. The Morgan fingerprint density at radius 3 is 2.84 bits per heavy atom. The molecule has 0 radical (unpaired) electrons. The molecule has 4 nitrogen and oxygen atoms in total. The molecule has 0 bridgehead atoms. The van der Waals surface area contributed by atoms with Crippen molar-refractivity contribution < 1.29 is 14.3 Å². The summed E-state index contributed by atoms with van der Waals surface area (Å²) < 4.78 is 11.2. The number of rotatable bonds is 3. The van der Waals surface area contributed by atoms with Crippen LogP contribution in [-0.2, 0) is 4.74 Å². The lowest BCUT2D eigenvalue weighted by Crippen LogP contribution is -1.98. The lowest BCUT2D eigenvalue weighted by molar-refractivity contribution is 0.0606. The fourth-order valence-corrected chi connectivity index (χ4v) is 2.90. The van der Waals surface area contributed by atoms with Crippen molar-refractivity contribution in [3.05, 3.63) is 38.3 Å². The monoisotopic (exact) mass is 361 g/mol. The van der Waals surface area contributed by atoms with Crippen molar-refractivity contribution in [2.24, 2.45) is 0 Å². The average Bonchev–Trinajstić information content (AvgIpc) is 2.73. The number of ether oxygens (including phenoxy) is 2. The van der Waals surface area contributed by atoms with E-state index in [0.29, 0.717) is 10.9 Å². The van der Waals surface area contributed by atoms with E-state index in [1.165, 1.54) is 7.11 Å². The largest absolute Gasteiger partial charge is 0.465 e. The molecule has 1 heterocycles. The van der Waals surface area contributed by atoms with E-state index in [2.05, 4.69) is 25.7 Å². The second-order valence-corrected chi connectivity index (χ2v) is 5.84. The molecule has 0 saturated heterocycles. The zero-order chi connectivity index (χ0) is 14.0. The van der Waals surface area contributed by atoms with E-state index in [9.17, 15) is 4.79 Å². The molecule has 0 atom stereocenters. The number of hydrogen-bond donors (Lipinski definition) is 0. The summed E-state index contributed by atoms with van der Waals surface area (Å²) in [6.45, 7) is 1.91. The van der Waals surface area contributed by atoms with Gasteiger partial charge in [-0.15, -0.1) is 0 Å². The van der Waals surface area contributed by atoms with Crippen LogP contribution in [0.25, 0.3) is 0 Å². The Morgan fingerprint density at radius 1 is 1.47 bits per heavy atom. The van der Waals surface area contributed by atoms with Crippen LogP contribution in [0.3, 0.4) is 0 Å². The summed E-state index contributed by atoms with van der Waals surface area (Å²) in [4.78, 5) is 15.6. The predicted molar refractivity (Wildman–Crippen MR) is 77.4 cm³/mol. The second kappa shape index (κ2) is 5.90. The smallest absolute Gasteiger partial charge is 0.351 e. The summed E-state index contributed by atoms with van der Waals surface area (Å²) in [7, 11) is 1.29. The molecule has 0 aliphatic carbocycles. The highest BCUT2D eigenvalue weighted by atomic mass is 79.9. The maximum absolute atomic E-state index is 11.4. The van der Waals surface area contributed by atoms with Crippen molar-refractivity contribution in [1.82, 2.24) is 4.98 Å². The van der Waals surface area contributed by atoms with Gasteiger partial charge in [-0.05, 0) is 30.7 Å². The van der Waals surface area contributed by atoms with Gasteiger partial charge in [0, 0.05) is 4.47 Å². The van der Waals surface area contributed by atoms with Gasteiger partial charge in [0.25, 0.3) is 5.19 Å². The standard InChI is InChI=1S/C12H9BrClNO3S/c1-6-5-7(13)3-4-8(6)18-12-15-10(14)9(19-12)11(16)17-2/h3-5H,1-2H3. The van der Waals surface area contributed by atoms with E-state index >= 15 is 0 Å². The number of carbonyl (C=O) groups excluding carboxylic acids is 1. The number of benzene rings is 1. The molecule has 0 spiro atoms. The van der Waals surface area contributed by atoms with Gasteiger partial charge < -0.3 is 9.47 Å². The minimum Gasteiger partial charge on any atom is -0.465 e. The van der Waals surface area contributed by atoms with Crippen molar-refractivity contribution in [2.75, 3.05) is 7.11 Å². The summed E-state index contributed by atoms with van der Waals surface area (Å²) in [6.07, 6.45) is 0. The van der Waals surface area contributed by atoms with Crippen LogP contribution >= 0.6 is 38.9 Å². The highest BCUT2D eigenvalue weighted by Gasteiger charge is 2.18.